The van der Waals surface area contributed by atoms with E-state index in [2.05, 4.69) is 92.8 Å². The minimum atomic E-state index is -2.84. The van der Waals surface area contributed by atoms with E-state index in [4.69, 9.17) is 176 Å². The SMILES string of the molecule is [2H]c1cc(C([2H])([2H])C([2H])([2H])N=C(N)NC(C)=N)cc([2H])c1[2H].[2H]c1cc(C([2H])([2H])C([2H])N=C(N)NC(C)=N)cc([2H])c1[2H].[2H]c1cc(CC([2H])([2H])N=C(N)NC(C)=N)c([2H])c([2H])c1[2H].[2H]c1cc(CC([2H])([2H])N=C(N)NC(C)=N)c([2H])c([2H])c1[2H].[2H]c1cc([2H])c(C([2H])([2H])C([2H])([2H])N=C(N)NC(C)=N)cc1[2H].[2H]c1cc([2H])c(C([2H])([2H])C([2H])N=C(N)NC(C)=N)cc1[2H].[2H]c1cc([2H])c(C([2H])C([2H])([2H])N=C(N)NC(C)=N)cc1[2H].[2H]c1cc([2H])c(C([2H])C([2H])N=C(N)NC(C)=N)cc1[2H].[2H]c1cc([2H])c(CC([2H])([2H])N=C(N)NC(C)=N)c([2H])c1[2H]. The highest BCUT2D eigenvalue weighted by Gasteiger charge is 2.03. The van der Waals surface area contributed by atoms with Crippen LogP contribution in [0.15, 0.2) is 317 Å². The fraction of sp³-hybridized carbons (Fsp3) is 0.273. The second-order valence-corrected chi connectivity index (χ2v) is 24.4. The van der Waals surface area contributed by atoms with E-state index in [-0.39, 0.29) is 315 Å². The van der Waals surface area contributed by atoms with Gasteiger partial charge < -0.3 is 99.5 Å². The number of nitrogens with zero attached hydrogens (tertiary/aromatic N) is 9. The zero-order valence-corrected chi connectivity index (χ0v) is 74.4. The number of nitrogens with one attached hydrogen (secondary N) is 18. The first-order chi connectivity index (χ1) is 86.2. The van der Waals surface area contributed by atoms with Gasteiger partial charge in [0.15, 0.2) is 53.6 Å². The molecule has 720 valence electrons. The smallest absolute Gasteiger partial charge is 0.194 e. The van der Waals surface area contributed by atoms with E-state index in [0.717, 1.165) is 66.7 Å². The molecule has 9 aromatic rings. The monoisotopic (exact) mass is 1890 g/mol. The molecule has 135 heavy (non-hydrogen) atoms. The van der Waals surface area contributed by atoms with Crippen LogP contribution in [0.5, 0.6) is 0 Å². The normalized spacial score (nSPS) is 19.2. The molecular formula is C99H144N36. The maximum absolute atomic E-state index is 7.94. The number of rotatable bonds is 27. The van der Waals surface area contributed by atoms with Crippen molar-refractivity contribution in [1.29, 1.82) is 48.7 Å². The summed E-state index contributed by atoms with van der Waals surface area (Å²) in [6, 6.07) is 7.86. The number of amidine groups is 9. The van der Waals surface area contributed by atoms with Crippen LogP contribution < -0.4 is 99.5 Å². The van der Waals surface area contributed by atoms with Crippen LogP contribution in [-0.2, 0) is 57.5 Å². The van der Waals surface area contributed by atoms with Crippen molar-refractivity contribution in [2.24, 2.45) is 96.5 Å². The van der Waals surface area contributed by atoms with Crippen LogP contribution in [0.25, 0.3) is 0 Å². The molecule has 0 fully saturated rings. The predicted molar refractivity (Wildman–Crippen MR) is 569 cm³/mol. The Morgan fingerprint density at radius 3 is 0.770 bits per heavy atom. The minimum Gasteiger partial charge on any atom is -0.370 e. The molecule has 0 radical (unpaired) electrons. The molecule has 0 amide bonds. The minimum absolute atomic E-state index is 0.00131. The first-order valence-corrected chi connectivity index (χ1v) is 38.0. The van der Waals surface area contributed by atoms with E-state index >= 15 is 0 Å². The van der Waals surface area contributed by atoms with Gasteiger partial charge in [0.2, 0.25) is 0 Å². The molecule has 0 aliphatic heterocycles. The molecule has 36 N–H and O–H groups in total. The fourth-order valence-electron chi connectivity index (χ4n) is 7.22. The topological polar surface area (TPSA) is 668 Å². The molecule has 0 aliphatic rings. The number of hydrogen-bond acceptors (Lipinski definition) is 18. The van der Waals surface area contributed by atoms with Crippen LogP contribution in [0.1, 0.15) is 188 Å². The van der Waals surface area contributed by atoms with Crippen molar-refractivity contribution in [2.75, 3.05) is 58.5 Å². The Labute approximate surface area is 874 Å². The van der Waals surface area contributed by atoms with Crippen molar-refractivity contribution < 1.29 is 75.4 Å². The number of benzene rings is 9. The van der Waals surface area contributed by atoms with Gasteiger partial charge in [0.05, 0.1) is 114 Å². The van der Waals surface area contributed by atoms with Crippen LogP contribution in [-0.4, -0.2) is 165 Å². The molecule has 0 heterocycles. The second kappa shape index (κ2) is 75.3. The quantitative estimate of drug-likeness (QED) is 0.0168. The maximum Gasteiger partial charge on any atom is 0.194 e. The van der Waals surface area contributed by atoms with Gasteiger partial charge in [-0.15, -0.1) is 0 Å². The fourth-order valence-corrected chi connectivity index (χ4v) is 7.22. The Balaban J connectivity index is 0.00000107. The van der Waals surface area contributed by atoms with E-state index < -0.39 is 139 Å². The molecule has 9 aromatic carbocycles. The molecular weight excluding hydrogens is 1690 g/mol. The molecule has 0 spiro atoms. The third-order valence-electron chi connectivity index (χ3n) is 12.2. The van der Waals surface area contributed by atoms with E-state index in [0.29, 0.717) is 0 Å². The Hall–Kier alpha value is -16.6. The van der Waals surface area contributed by atoms with Gasteiger partial charge in [-0.3, -0.25) is 93.6 Å². The number of hydrogen-bond donors (Lipinski definition) is 27. The summed E-state index contributed by atoms with van der Waals surface area (Å²) >= 11 is 0. The van der Waals surface area contributed by atoms with Crippen molar-refractivity contribution in [1.82, 2.24) is 47.9 Å². The third-order valence-corrected chi connectivity index (χ3v) is 12.2. The summed E-state index contributed by atoms with van der Waals surface area (Å²) in [7, 11) is 0. The molecule has 0 bridgehead atoms. The molecule has 5 atom stereocenters. The van der Waals surface area contributed by atoms with E-state index in [1.807, 2.05) is 0 Å². The van der Waals surface area contributed by atoms with Crippen LogP contribution >= 0.6 is 0 Å². The van der Waals surface area contributed by atoms with Crippen LogP contribution in [0.4, 0.5) is 0 Å². The molecule has 0 saturated carbocycles. The Bertz CT molecular complexity index is 8190. The molecule has 9 rings (SSSR count). The lowest BCUT2D eigenvalue weighted by Crippen LogP contribution is -2.35. The summed E-state index contributed by atoms with van der Waals surface area (Å²) in [6.07, 6.45) is -14.0. The highest BCUT2D eigenvalue weighted by Crippen LogP contribution is 2.07. The molecule has 36 nitrogen and oxygen atoms in total. The van der Waals surface area contributed by atoms with Gasteiger partial charge in [-0.05, 0) is 170 Å². The van der Waals surface area contributed by atoms with Gasteiger partial charge in [-0.2, -0.15) is 0 Å². The first-order valence-electron chi connectivity index (χ1n) is 65.9. The summed E-state index contributed by atoms with van der Waals surface area (Å²) in [5, 5.41) is 85.5. The first kappa shape index (κ1) is 54.3. The van der Waals surface area contributed by atoms with Crippen molar-refractivity contribution in [2.45, 2.75) is 120 Å². The number of nitrogens with two attached hydrogens (primary N) is 9. The van der Waals surface area contributed by atoms with Crippen molar-refractivity contribution in [3.05, 3.63) is 322 Å². The molecule has 0 aliphatic carbocycles. The standard InChI is InChI=1S/9C11H16N4/c9*1-9(12)15-11(13)14-8-7-10-5-3-2-4-6-10/h9*2-6H,7-8H2,1H3,(H4,12,13,14,15)/i2D,3D,6D,7D2,8D2;2D,3D,6D,7D2,8D;2D,3D,6D,7D,8D2;2D,3D,6D,7D,8D;2D,3D,5D,6D,8D2;2D,3D,4D,7D2,8D2;2D,3D,4D,7D2,8D;2*2D,3D,4D,5D,8D2. The number of aliphatic imine (C=N–C) groups is 9. The Morgan fingerprint density at radius 2 is 0.422 bits per heavy atom. The van der Waals surface area contributed by atoms with Gasteiger partial charge >= 0.3 is 0 Å². The van der Waals surface area contributed by atoms with Crippen LogP contribution in [0.3, 0.4) is 0 Å². The average Bonchev–Trinajstić information content (AvgIpc) is 0.762. The zero-order chi connectivity index (χ0) is 148. The van der Waals surface area contributed by atoms with E-state index in [1.54, 1.807) is 0 Å². The highest BCUT2D eigenvalue weighted by molar-refractivity contribution is 6.00. The predicted octanol–water partition coefficient (Wildman–Crippen LogP) is 10.2. The summed E-state index contributed by atoms with van der Waals surface area (Å²) in [5.41, 5.74) is 48.2. The van der Waals surface area contributed by atoms with Crippen LogP contribution in [0.2, 0.25) is 0 Å². The molecule has 0 aromatic heterocycles. The van der Waals surface area contributed by atoms with E-state index in [1.165, 1.54) is 86.6 Å². The Kier molecular flexibility index (Phi) is 30.3. The molecule has 5 unspecified atom stereocenters. The Morgan fingerprint density at radius 1 is 0.215 bits per heavy atom. The lowest BCUT2D eigenvalue weighted by molar-refractivity contribution is 0.955. The lowest BCUT2D eigenvalue weighted by Gasteiger charge is -2.02. The summed E-state index contributed by atoms with van der Waals surface area (Å²) in [4.78, 5) is 32.0. The lowest BCUT2D eigenvalue weighted by atomic mass is 10.2. The van der Waals surface area contributed by atoms with Gasteiger partial charge in [-0.25, -0.2) is 0 Å². The van der Waals surface area contributed by atoms with Gasteiger partial charge in [-0.1, -0.05) is 272 Å². The zero-order valence-electron chi connectivity index (χ0n) is 129. The van der Waals surface area contributed by atoms with E-state index in [9.17, 15) is 0 Å². The average molecular weight is 1890 g/mol. The number of aryl methyl sites for hydroxylation is 8. The second-order valence-electron chi connectivity index (χ2n) is 24.4. The van der Waals surface area contributed by atoms with Gasteiger partial charge in [0, 0.05) is 72.3 Å². The van der Waals surface area contributed by atoms with Crippen molar-refractivity contribution in [3.63, 3.8) is 0 Å². The largest absolute Gasteiger partial charge is 0.370 e. The maximum atomic E-state index is 7.94. The molecule has 36 heteroatoms. The van der Waals surface area contributed by atoms with Crippen molar-refractivity contribution in [3.8, 4) is 0 Å². The van der Waals surface area contributed by atoms with Crippen LogP contribution in [0, 0.1) is 48.7 Å². The summed E-state index contributed by atoms with van der Waals surface area (Å²) < 4.78 is 422. The number of guanidine groups is 9. The molecule has 0 saturated heterocycles. The highest BCUT2D eigenvalue weighted by atomic mass is 15.2. The summed E-state index contributed by atoms with van der Waals surface area (Å²) in [5.74, 6) is -2.92. The van der Waals surface area contributed by atoms with Gasteiger partial charge in [0.1, 0.15) is 0 Å². The van der Waals surface area contributed by atoms with Crippen molar-refractivity contribution >= 4 is 106 Å². The van der Waals surface area contributed by atoms with Gasteiger partial charge in [0.25, 0.3) is 0 Å². The summed E-state index contributed by atoms with van der Waals surface area (Å²) in [6.45, 7) is -6.55. The third kappa shape index (κ3) is 74.0.